The van der Waals surface area contributed by atoms with Gasteiger partial charge in [0.1, 0.15) is 45.7 Å². The Labute approximate surface area is 389 Å². The molecule has 18 heteroatoms. The molecule has 6 aliphatic carbocycles. The molecule has 354 valence electrons. The van der Waals surface area contributed by atoms with Crippen molar-refractivity contribution in [3.63, 3.8) is 0 Å². The maximum atomic E-state index is 14.1. The molecule has 68 heavy (non-hydrogen) atoms. The third-order valence-electron chi connectivity index (χ3n) is 14.5. The Balaban J connectivity index is 0.989. The van der Waals surface area contributed by atoms with Crippen molar-refractivity contribution in [3.8, 4) is 35.2 Å². The first-order valence-corrected chi connectivity index (χ1v) is 22.0. The van der Waals surface area contributed by atoms with E-state index in [4.69, 9.17) is 11.5 Å². The number of benzene rings is 2. The number of phenols is 2. The highest BCUT2D eigenvalue weighted by Crippen LogP contribution is 2.55. The molecule has 8 unspecified atom stereocenters. The van der Waals surface area contributed by atoms with Gasteiger partial charge >= 0.3 is 0 Å². The van der Waals surface area contributed by atoms with Crippen LogP contribution in [-0.4, -0.2) is 137 Å². The Morgan fingerprint density at radius 1 is 0.618 bits per heavy atom. The zero-order valence-corrected chi connectivity index (χ0v) is 37.5. The summed E-state index contributed by atoms with van der Waals surface area (Å²) in [5, 5.41) is 90.7. The summed E-state index contributed by atoms with van der Waals surface area (Å²) in [6.07, 6.45) is 2.12. The van der Waals surface area contributed by atoms with Crippen LogP contribution in [-0.2, 0) is 41.6 Å². The Bertz CT molecular complexity index is 2760. The van der Waals surface area contributed by atoms with Gasteiger partial charge in [-0.1, -0.05) is 23.7 Å². The van der Waals surface area contributed by atoms with Crippen LogP contribution in [0.25, 0.3) is 11.5 Å². The molecular weight excluding hydrogens is 881 g/mol. The molecule has 0 radical (unpaired) electrons. The second-order valence-corrected chi connectivity index (χ2v) is 18.7. The number of fused-ring (bicyclic) bond motifs is 6. The molecule has 2 saturated carbocycles. The number of primary amides is 2. The number of aromatic hydroxyl groups is 2. The minimum absolute atomic E-state index is 0.0603. The Hall–Kier alpha value is -7.22. The molecule has 0 saturated heterocycles. The van der Waals surface area contributed by atoms with E-state index in [-0.39, 0.29) is 59.5 Å². The number of rotatable bonds is 7. The molecule has 12 N–H and O–H groups in total. The van der Waals surface area contributed by atoms with Gasteiger partial charge in [-0.3, -0.25) is 38.6 Å². The second kappa shape index (κ2) is 16.8. The highest BCUT2D eigenvalue weighted by molar-refractivity contribution is 6.25. The number of phenolic OH excluding ortho intramolecular Hbond substituents is 2. The number of nitrogens with two attached hydrogens (primary N) is 2. The number of carbonyl (C=O) groups excluding carboxylic acids is 6. The van der Waals surface area contributed by atoms with E-state index in [0.717, 1.165) is 0 Å². The Morgan fingerprint density at radius 3 is 1.29 bits per heavy atom. The van der Waals surface area contributed by atoms with Crippen LogP contribution >= 0.6 is 0 Å². The van der Waals surface area contributed by atoms with Crippen LogP contribution in [0.15, 0.2) is 58.1 Å². The van der Waals surface area contributed by atoms with E-state index >= 15 is 0 Å². The van der Waals surface area contributed by atoms with Crippen LogP contribution in [0.4, 0.5) is 0 Å². The lowest BCUT2D eigenvalue weighted by Crippen LogP contribution is -2.65. The van der Waals surface area contributed by atoms with Gasteiger partial charge in [-0.05, 0) is 114 Å². The van der Waals surface area contributed by atoms with Gasteiger partial charge in [-0.15, -0.1) is 0 Å². The number of unbranched alkanes of at least 4 members (excludes halogenated alkanes) is 3. The molecule has 2 fully saturated rings. The number of aliphatic hydroxyl groups is 6. The predicted octanol–water partition coefficient (Wildman–Crippen LogP) is 1.21. The number of hydrogen-bond acceptors (Lipinski definition) is 16. The van der Waals surface area contributed by atoms with Gasteiger partial charge < -0.3 is 52.3 Å². The van der Waals surface area contributed by atoms with Gasteiger partial charge in [0.15, 0.2) is 22.8 Å². The number of nitrogens with zero attached hydrogens (tertiary/aromatic N) is 2. The topological polar surface area (TPSA) is 323 Å². The summed E-state index contributed by atoms with van der Waals surface area (Å²) < 4.78 is 0. The lowest BCUT2D eigenvalue weighted by molar-refractivity contribution is -0.155. The predicted molar refractivity (Wildman–Crippen MR) is 241 cm³/mol. The van der Waals surface area contributed by atoms with Gasteiger partial charge in [-0.25, -0.2) is 0 Å². The SMILES string of the molecule is CN(C)C1C(=O)C(C(N)=O)=C(O)C2(O)C(=O)C3=C(O)c4c(O)ccc(C#CCCCCC#Cc5ccc(O)c6c5CC5CC7C(N(C)C)C(=O)C(C(N)=O)=C(O)C7(O)C(=O)C5=C6O)c4CC3CC12. The van der Waals surface area contributed by atoms with E-state index in [0.29, 0.717) is 47.9 Å². The van der Waals surface area contributed by atoms with Crippen molar-refractivity contribution in [1.29, 1.82) is 0 Å². The molecule has 6 aliphatic rings. The van der Waals surface area contributed by atoms with Crippen molar-refractivity contribution in [2.45, 2.75) is 74.7 Å². The quantitative estimate of drug-likeness (QED) is 0.106. The number of hydrogen-bond donors (Lipinski definition) is 10. The maximum Gasteiger partial charge on any atom is 0.255 e. The van der Waals surface area contributed by atoms with E-state index in [9.17, 15) is 69.6 Å². The first-order valence-electron chi connectivity index (χ1n) is 22.0. The summed E-state index contributed by atoms with van der Waals surface area (Å²) >= 11 is 0. The lowest BCUT2D eigenvalue weighted by Gasteiger charge is -2.50. The average Bonchev–Trinajstić information content (AvgIpc) is 3.25. The van der Waals surface area contributed by atoms with Crippen LogP contribution in [0.3, 0.4) is 0 Å². The summed E-state index contributed by atoms with van der Waals surface area (Å²) in [6.45, 7) is 0. The number of Topliss-reactive ketones (excluding diaryl/α,β-unsaturated/α-hetero) is 4. The molecule has 8 rings (SSSR count). The average molecular weight is 931 g/mol. The number of amides is 2. The van der Waals surface area contributed by atoms with Crippen molar-refractivity contribution >= 4 is 46.5 Å². The molecule has 0 aliphatic heterocycles. The van der Waals surface area contributed by atoms with Crippen molar-refractivity contribution in [2.75, 3.05) is 28.2 Å². The Kier molecular flexibility index (Phi) is 11.7. The van der Waals surface area contributed by atoms with Crippen molar-refractivity contribution in [2.24, 2.45) is 35.1 Å². The van der Waals surface area contributed by atoms with Crippen LogP contribution in [0, 0.1) is 47.4 Å². The fourth-order valence-corrected chi connectivity index (χ4v) is 11.5. The molecule has 2 aromatic carbocycles. The summed E-state index contributed by atoms with van der Waals surface area (Å²) in [5.41, 5.74) is 4.72. The van der Waals surface area contributed by atoms with Crippen molar-refractivity contribution in [3.05, 3.63) is 91.5 Å². The van der Waals surface area contributed by atoms with Gasteiger partial charge in [0.2, 0.25) is 11.6 Å². The van der Waals surface area contributed by atoms with Crippen LogP contribution in [0.5, 0.6) is 11.5 Å². The minimum atomic E-state index is -2.75. The molecule has 8 atom stereocenters. The molecule has 18 nitrogen and oxygen atoms in total. The van der Waals surface area contributed by atoms with Gasteiger partial charge in [-0.2, -0.15) is 0 Å². The number of ketones is 4. The van der Waals surface area contributed by atoms with E-state index in [2.05, 4.69) is 23.7 Å². The maximum absolute atomic E-state index is 14.1. The summed E-state index contributed by atoms with van der Waals surface area (Å²) in [7, 11) is 6.10. The zero-order valence-electron chi connectivity index (χ0n) is 37.5. The standard InChI is InChI=1S/C50H50N4O14/c1-53(2)37-27-19-23-17-25-21(13-15-29(55)33(25)39(57)31(23)43(61)49(27,67)45(63)35(41(37)59)47(51)65)11-9-7-5-6-8-10-12-22-14-16-30(56)34-26(22)18-24-20-28-38(54(3)4)42(60)36(48(52)66)46(64)50(28,68)44(62)32(24)40(34)58/h13-16,23-24,27-28,37-38,55-58,63-64,67-68H,5-8,17-20H2,1-4H3,(H2,51,65)(H2,52,66). The van der Waals surface area contributed by atoms with Crippen LogP contribution < -0.4 is 11.5 Å². The van der Waals surface area contributed by atoms with Crippen LogP contribution in [0.2, 0.25) is 0 Å². The monoisotopic (exact) mass is 930 g/mol. The molecule has 0 bridgehead atoms. The highest BCUT2D eigenvalue weighted by atomic mass is 16.4. The summed E-state index contributed by atoms with van der Waals surface area (Å²) in [6, 6.07) is 3.37. The normalized spacial score (nSPS) is 28.5. The fourth-order valence-electron chi connectivity index (χ4n) is 11.5. The minimum Gasteiger partial charge on any atom is -0.508 e. The molecule has 0 aromatic heterocycles. The largest absolute Gasteiger partial charge is 0.508 e. The van der Waals surface area contributed by atoms with E-state index < -0.39 is 116 Å². The first kappa shape index (κ1) is 47.3. The number of carbonyl (C=O) groups is 6. The van der Waals surface area contributed by atoms with E-state index in [1.54, 1.807) is 12.1 Å². The third kappa shape index (κ3) is 6.81. The molecule has 0 spiro atoms. The number of aliphatic hydroxyl groups excluding tert-OH is 4. The highest BCUT2D eigenvalue weighted by Gasteiger charge is 2.66. The summed E-state index contributed by atoms with van der Waals surface area (Å²) in [5.74, 6) is -2.32. The van der Waals surface area contributed by atoms with Gasteiger partial charge in [0.05, 0.1) is 23.2 Å². The van der Waals surface area contributed by atoms with Crippen molar-refractivity contribution in [1.82, 2.24) is 9.80 Å². The zero-order chi connectivity index (χ0) is 49.6. The molecular formula is C50H50N4O14. The van der Waals surface area contributed by atoms with Gasteiger partial charge in [0.25, 0.3) is 11.8 Å². The molecule has 0 heterocycles. The third-order valence-corrected chi connectivity index (χ3v) is 14.5. The fraction of sp³-hybridized carbons (Fsp3) is 0.400. The summed E-state index contributed by atoms with van der Waals surface area (Å²) in [4.78, 5) is 82.4. The molecule has 2 aromatic rings. The van der Waals surface area contributed by atoms with Gasteiger partial charge in [0, 0.05) is 47.0 Å². The van der Waals surface area contributed by atoms with E-state index in [1.807, 2.05) is 0 Å². The van der Waals surface area contributed by atoms with Crippen LogP contribution in [0.1, 0.15) is 71.9 Å². The second-order valence-electron chi connectivity index (χ2n) is 18.7. The molecule has 2 amide bonds. The van der Waals surface area contributed by atoms with Crippen molar-refractivity contribution < 1.29 is 69.6 Å². The smallest absolute Gasteiger partial charge is 0.255 e. The first-order chi connectivity index (χ1) is 32.0. The van der Waals surface area contributed by atoms with E-state index in [1.165, 1.54) is 50.1 Å². The Morgan fingerprint density at radius 2 is 0.971 bits per heavy atom. The lowest BCUT2D eigenvalue weighted by atomic mass is 9.57. The number of likely N-dealkylation sites (N-methyl/N-ethyl adjacent to an activating group) is 2.